The lowest BCUT2D eigenvalue weighted by Crippen LogP contribution is -2.41. The number of aromatic nitrogens is 2. The summed E-state index contributed by atoms with van der Waals surface area (Å²) in [6, 6.07) is 0. The Morgan fingerprint density at radius 2 is 1.93 bits per heavy atom. The summed E-state index contributed by atoms with van der Waals surface area (Å²) in [5, 5.41) is 4.81. The Kier molecular flexibility index (Phi) is 5.07. The monoisotopic (exact) mass is 435 g/mol. The van der Waals surface area contributed by atoms with Gasteiger partial charge in [-0.2, -0.15) is 0 Å². The van der Waals surface area contributed by atoms with Crippen LogP contribution in [-0.4, -0.2) is 50.2 Å². The van der Waals surface area contributed by atoms with E-state index in [1.165, 1.54) is 47.8 Å². The van der Waals surface area contributed by atoms with Crippen molar-refractivity contribution in [3.05, 3.63) is 16.3 Å². The van der Waals surface area contributed by atoms with Crippen molar-refractivity contribution in [1.29, 1.82) is 0 Å². The molecule has 0 radical (unpaired) electrons. The highest BCUT2D eigenvalue weighted by Crippen LogP contribution is 2.43. The van der Waals surface area contributed by atoms with Crippen LogP contribution in [0.25, 0.3) is 10.2 Å². The Morgan fingerprint density at radius 3 is 2.66 bits per heavy atom. The number of nitrogens with zero attached hydrogens (tertiary/aromatic N) is 2. The van der Waals surface area contributed by atoms with E-state index in [9.17, 15) is 8.42 Å². The molecule has 0 amide bonds. The van der Waals surface area contributed by atoms with Gasteiger partial charge in [0.05, 0.1) is 11.1 Å². The van der Waals surface area contributed by atoms with E-state index < -0.39 is 9.84 Å². The van der Waals surface area contributed by atoms with Crippen LogP contribution >= 0.6 is 11.3 Å². The molecule has 2 aromatic heterocycles. The normalized spacial score (nSPS) is 21.8. The molecule has 3 heterocycles. The van der Waals surface area contributed by atoms with Gasteiger partial charge in [-0.25, -0.2) is 18.4 Å². The number of hydrogen-bond acceptors (Lipinski definition) is 7. The van der Waals surface area contributed by atoms with Crippen LogP contribution in [0, 0.1) is 5.41 Å². The lowest BCUT2D eigenvalue weighted by molar-refractivity contribution is 0.0315. The molecule has 1 saturated heterocycles. The molecule has 158 valence electrons. The van der Waals surface area contributed by atoms with Gasteiger partial charge in [0.15, 0.2) is 0 Å². The highest BCUT2D eigenvalue weighted by atomic mass is 32.2. The first-order valence-corrected chi connectivity index (χ1v) is 13.6. The fraction of sp³-hybridized carbons (Fsp3) is 0.714. The highest BCUT2D eigenvalue weighted by molar-refractivity contribution is 7.90. The van der Waals surface area contributed by atoms with Crippen LogP contribution in [-0.2, 0) is 27.4 Å². The molecule has 1 saturated carbocycles. The number of thiophene rings is 1. The van der Waals surface area contributed by atoms with Gasteiger partial charge in [-0.3, -0.25) is 0 Å². The van der Waals surface area contributed by atoms with Gasteiger partial charge < -0.3 is 10.1 Å². The number of nitrogens with one attached hydrogen (secondary N) is 1. The average molecular weight is 436 g/mol. The maximum absolute atomic E-state index is 12.1. The summed E-state index contributed by atoms with van der Waals surface area (Å²) >= 11 is 1.84. The third kappa shape index (κ3) is 4.16. The van der Waals surface area contributed by atoms with E-state index >= 15 is 0 Å². The standard InChI is InChI=1S/C21H29N3O3S2/c1-29(25,26)13-21(8-10-27-11-9-21)12-22-19-17-15-4-2-3-5-16(15)28-20(17)24-18(23-19)14-6-7-14/h14H,2-13H2,1H3,(H,22,23,24). The lowest BCUT2D eigenvalue weighted by atomic mass is 9.82. The number of fused-ring (bicyclic) bond motifs is 3. The van der Waals surface area contributed by atoms with Crippen LogP contribution in [0.5, 0.6) is 0 Å². The summed E-state index contributed by atoms with van der Waals surface area (Å²) in [7, 11) is -3.07. The van der Waals surface area contributed by atoms with Gasteiger partial charge in [-0.1, -0.05) is 0 Å². The fourth-order valence-electron chi connectivity index (χ4n) is 4.83. The van der Waals surface area contributed by atoms with Crippen LogP contribution in [0.4, 0.5) is 5.82 Å². The molecule has 1 N–H and O–H groups in total. The third-order valence-electron chi connectivity index (χ3n) is 6.53. The van der Waals surface area contributed by atoms with Crippen molar-refractivity contribution < 1.29 is 13.2 Å². The Labute approximate surface area is 176 Å². The van der Waals surface area contributed by atoms with Gasteiger partial charge in [0.2, 0.25) is 0 Å². The largest absolute Gasteiger partial charge is 0.381 e. The quantitative estimate of drug-likeness (QED) is 0.745. The molecular formula is C21H29N3O3S2. The molecule has 1 aliphatic heterocycles. The van der Waals surface area contributed by atoms with Gasteiger partial charge in [-0.15, -0.1) is 11.3 Å². The van der Waals surface area contributed by atoms with Gasteiger partial charge >= 0.3 is 0 Å². The number of aryl methyl sites for hydroxylation is 2. The molecule has 0 spiro atoms. The molecule has 3 aliphatic rings. The Bertz CT molecular complexity index is 1020. The minimum atomic E-state index is -3.07. The van der Waals surface area contributed by atoms with Gasteiger partial charge in [-0.05, 0) is 56.9 Å². The van der Waals surface area contributed by atoms with Crippen molar-refractivity contribution in [3.8, 4) is 0 Å². The maximum Gasteiger partial charge on any atom is 0.148 e. The van der Waals surface area contributed by atoms with Crippen molar-refractivity contribution in [2.24, 2.45) is 5.41 Å². The Balaban J connectivity index is 1.50. The van der Waals surface area contributed by atoms with E-state index in [1.807, 2.05) is 11.3 Å². The Morgan fingerprint density at radius 1 is 1.17 bits per heavy atom. The molecule has 8 heteroatoms. The second-order valence-electron chi connectivity index (χ2n) is 9.13. The van der Waals surface area contributed by atoms with Crippen molar-refractivity contribution >= 4 is 37.2 Å². The summed E-state index contributed by atoms with van der Waals surface area (Å²) in [6.45, 7) is 1.86. The minimum absolute atomic E-state index is 0.196. The van der Waals surface area contributed by atoms with Crippen molar-refractivity contribution in [3.63, 3.8) is 0 Å². The Hall–Kier alpha value is -1.25. The van der Waals surface area contributed by atoms with Gasteiger partial charge in [0.25, 0.3) is 0 Å². The zero-order valence-electron chi connectivity index (χ0n) is 17.0. The van der Waals surface area contributed by atoms with Crippen LogP contribution in [0.3, 0.4) is 0 Å². The summed E-state index contributed by atoms with van der Waals surface area (Å²) in [6.07, 6.45) is 9.92. The number of ether oxygens (including phenoxy) is 1. The van der Waals surface area contributed by atoms with Gasteiger partial charge in [0, 0.05) is 42.2 Å². The summed E-state index contributed by atoms with van der Waals surface area (Å²) in [4.78, 5) is 12.5. The smallest absolute Gasteiger partial charge is 0.148 e. The van der Waals surface area contributed by atoms with Gasteiger partial charge in [0.1, 0.15) is 26.3 Å². The van der Waals surface area contributed by atoms with Crippen LogP contribution in [0.2, 0.25) is 0 Å². The predicted octanol–water partition coefficient (Wildman–Crippen LogP) is 3.70. The number of anilines is 1. The summed E-state index contributed by atoms with van der Waals surface area (Å²) in [5.41, 5.74) is 1.13. The molecular weight excluding hydrogens is 406 g/mol. The van der Waals surface area contributed by atoms with E-state index in [1.54, 1.807) is 0 Å². The number of hydrogen-bond donors (Lipinski definition) is 1. The highest BCUT2D eigenvalue weighted by Gasteiger charge is 2.37. The van der Waals surface area contributed by atoms with E-state index in [-0.39, 0.29) is 11.2 Å². The molecule has 2 fully saturated rings. The minimum Gasteiger partial charge on any atom is -0.381 e. The number of sulfone groups is 1. The molecule has 29 heavy (non-hydrogen) atoms. The topological polar surface area (TPSA) is 81.2 Å². The molecule has 5 rings (SSSR count). The van der Waals surface area contributed by atoms with E-state index in [2.05, 4.69) is 5.32 Å². The second kappa shape index (κ2) is 7.46. The van der Waals surface area contributed by atoms with Crippen molar-refractivity contribution in [2.75, 3.05) is 37.1 Å². The molecule has 0 aromatic carbocycles. The zero-order chi connectivity index (χ0) is 20.1. The first kappa shape index (κ1) is 19.7. The van der Waals surface area contributed by atoms with E-state index in [0.717, 1.165) is 42.2 Å². The van der Waals surface area contributed by atoms with Crippen LogP contribution in [0.15, 0.2) is 0 Å². The van der Waals surface area contributed by atoms with Crippen molar-refractivity contribution in [1.82, 2.24) is 9.97 Å². The maximum atomic E-state index is 12.1. The van der Waals surface area contributed by atoms with E-state index in [4.69, 9.17) is 14.7 Å². The summed E-state index contributed by atoms with van der Waals surface area (Å²) in [5.74, 6) is 2.58. The van der Waals surface area contributed by atoms with E-state index in [0.29, 0.717) is 25.7 Å². The predicted molar refractivity (Wildman–Crippen MR) is 117 cm³/mol. The summed E-state index contributed by atoms with van der Waals surface area (Å²) < 4.78 is 29.8. The lowest BCUT2D eigenvalue weighted by Gasteiger charge is -2.37. The first-order valence-electron chi connectivity index (χ1n) is 10.7. The number of rotatable bonds is 6. The SMILES string of the molecule is CS(=O)(=O)CC1(CNc2nc(C3CC3)nc3sc4c(c23)CCCC4)CCOCC1. The van der Waals surface area contributed by atoms with Crippen LogP contribution < -0.4 is 5.32 Å². The third-order valence-corrected chi connectivity index (χ3v) is 8.85. The fourth-order valence-corrected chi connectivity index (χ4v) is 7.60. The molecule has 6 nitrogen and oxygen atoms in total. The van der Waals surface area contributed by atoms with Crippen LogP contribution in [0.1, 0.15) is 60.7 Å². The average Bonchev–Trinajstić information content (AvgIpc) is 3.46. The molecule has 0 atom stereocenters. The molecule has 2 aliphatic carbocycles. The molecule has 0 unspecified atom stereocenters. The molecule has 2 aromatic rings. The second-order valence-corrected chi connectivity index (χ2v) is 12.4. The first-order chi connectivity index (χ1) is 13.9. The molecule has 0 bridgehead atoms. The zero-order valence-corrected chi connectivity index (χ0v) is 18.6. The van der Waals surface area contributed by atoms with Crippen molar-refractivity contribution in [2.45, 2.75) is 57.3 Å².